The molecular formula is C12H19N3O. The van der Waals surface area contributed by atoms with Gasteiger partial charge < -0.3 is 10.4 Å². The molecule has 2 N–H and O–H groups in total. The first kappa shape index (κ1) is 11.5. The number of hydrogen-bond donors (Lipinski definition) is 2. The first-order valence-electron chi connectivity index (χ1n) is 5.98. The maximum absolute atomic E-state index is 9.29. The van der Waals surface area contributed by atoms with Crippen LogP contribution in [0.1, 0.15) is 31.2 Å². The van der Waals surface area contributed by atoms with E-state index in [2.05, 4.69) is 15.3 Å². The van der Waals surface area contributed by atoms with E-state index in [1.54, 1.807) is 6.33 Å². The van der Waals surface area contributed by atoms with E-state index in [-0.39, 0.29) is 0 Å². The van der Waals surface area contributed by atoms with Gasteiger partial charge in [0.05, 0.1) is 0 Å². The van der Waals surface area contributed by atoms with Crippen LogP contribution < -0.4 is 5.32 Å². The van der Waals surface area contributed by atoms with Crippen molar-refractivity contribution in [3.8, 4) is 0 Å². The minimum absolute atomic E-state index is 0.295. The summed E-state index contributed by atoms with van der Waals surface area (Å²) >= 11 is 0. The molecule has 0 spiro atoms. The Bertz CT molecular complexity index is 304. The summed E-state index contributed by atoms with van der Waals surface area (Å²) in [6, 6.07) is 0.443. The summed E-state index contributed by atoms with van der Waals surface area (Å²) < 4.78 is 0. The topological polar surface area (TPSA) is 58.0 Å². The van der Waals surface area contributed by atoms with Crippen LogP contribution >= 0.6 is 0 Å². The molecule has 4 nitrogen and oxygen atoms in total. The van der Waals surface area contributed by atoms with Gasteiger partial charge in [0.15, 0.2) is 0 Å². The fraction of sp³-hybridized carbons (Fsp3) is 0.667. The molecule has 1 aromatic rings. The molecule has 0 aromatic carbocycles. The predicted octanol–water partition coefficient (Wildman–Crippen LogP) is 1.12. The molecular weight excluding hydrogens is 202 g/mol. The third kappa shape index (κ3) is 3.00. The second-order valence-electron chi connectivity index (χ2n) is 4.46. The minimum Gasteiger partial charge on any atom is -0.396 e. The highest BCUT2D eigenvalue weighted by molar-refractivity contribution is 5.02. The Hall–Kier alpha value is -1.00. The summed E-state index contributed by atoms with van der Waals surface area (Å²) in [5.74, 6) is 0.415. The van der Waals surface area contributed by atoms with E-state index < -0.39 is 0 Å². The molecule has 2 unspecified atom stereocenters. The Morgan fingerprint density at radius 2 is 2.00 bits per heavy atom. The van der Waals surface area contributed by atoms with E-state index in [9.17, 15) is 5.11 Å². The van der Waals surface area contributed by atoms with Gasteiger partial charge in [0.1, 0.15) is 6.33 Å². The molecule has 0 bridgehead atoms. The lowest BCUT2D eigenvalue weighted by molar-refractivity contribution is 0.152. The standard InChI is InChI=1S/C12H19N3O/c16-8-11-3-1-2-4-12(11)15-7-10-5-13-9-14-6-10/h5-6,9,11-12,15-16H,1-4,7-8H2. The van der Waals surface area contributed by atoms with Crippen molar-refractivity contribution < 1.29 is 5.11 Å². The number of aliphatic hydroxyl groups is 1. The Morgan fingerprint density at radius 3 is 2.75 bits per heavy atom. The van der Waals surface area contributed by atoms with Crippen molar-refractivity contribution >= 4 is 0 Å². The van der Waals surface area contributed by atoms with Crippen molar-refractivity contribution in [2.45, 2.75) is 38.3 Å². The van der Waals surface area contributed by atoms with Crippen LogP contribution in [0.3, 0.4) is 0 Å². The quantitative estimate of drug-likeness (QED) is 0.800. The first-order valence-corrected chi connectivity index (χ1v) is 5.98. The summed E-state index contributed by atoms with van der Waals surface area (Å²) in [6.45, 7) is 1.09. The van der Waals surface area contributed by atoms with Gasteiger partial charge in [-0.2, -0.15) is 0 Å². The second kappa shape index (κ2) is 5.92. The molecule has 16 heavy (non-hydrogen) atoms. The van der Waals surface area contributed by atoms with E-state index >= 15 is 0 Å². The van der Waals surface area contributed by atoms with Gasteiger partial charge in [0.25, 0.3) is 0 Å². The second-order valence-corrected chi connectivity index (χ2v) is 4.46. The normalized spacial score (nSPS) is 25.6. The molecule has 1 heterocycles. The van der Waals surface area contributed by atoms with E-state index in [0.29, 0.717) is 18.6 Å². The Balaban J connectivity index is 1.84. The highest BCUT2D eigenvalue weighted by atomic mass is 16.3. The lowest BCUT2D eigenvalue weighted by Gasteiger charge is -2.31. The molecule has 2 atom stereocenters. The van der Waals surface area contributed by atoms with Crippen molar-refractivity contribution in [3.63, 3.8) is 0 Å². The molecule has 4 heteroatoms. The summed E-state index contributed by atoms with van der Waals surface area (Å²) in [7, 11) is 0. The highest BCUT2D eigenvalue weighted by Gasteiger charge is 2.23. The summed E-state index contributed by atoms with van der Waals surface area (Å²) in [4.78, 5) is 7.97. The number of hydrogen-bond acceptors (Lipinski definition) is 4. The maximum atomic E-state index is 9.29. The van der Waals surface area contributed by atoms with Crippen molar-refractivity contribution in [1.82, 2.24) is 15.3 Å². The number of rotatable bonds is 4. The van der Waals surface area contributed by atoms with Gasteiger partial charge in [-0.3, -0.25) is 0 Å². The molecule has 0 aliphatic heterocycles. The molecule has 0 radical (unpaired) electrons. The lowest BCUT2D eigenvalue weighted by Crippen LogP contribution is -2.39. The molecule has 1 fully saturated rings. The van der Waals surface area contributed by atoms with Gasteiger partial charge in [-0.05, 0) is 18.8 Å². The van der Waals surface area contributed by atoms with Crippen molar-refractivity contribution in [3.05, 3.63) is 24.3 Å². The molecule has 0 amide bonds. The molecule has 1 aliphatic carbocycles. The van der Waals surface area contributed by atoms with Gasteiger partial charge in [0, 0.05) is 37.2 Å². The summed E-state index contributed by atoms with van der Waals surface area (Å²) in [5.41, 5.74) is 1.10. The monoisotopic (exact) mass is 221 g/mol. The van der Waals surface area contributed by atoms with Crippen molar-refractivity contribution in [2.24, 2.45) is 5.92 Å². The molecule has 0 saturated heterocycles. The smallest absolute Gasteiger partial charge is 0.115 e. The third-order valence-corrected chi connectivity index (χ3v) is 3.33. The molecule has 1 aromatic heterocycles. The zero-order valence-corrected chi connectivity index (χ0v) is 9.47. The summed E-state index contributed by atoms with van der Waals surface area (Å²) in [6.07, 6.45) is 10.0. The Labute approximate surface area is 96.1 Å². The predicted molar refractivity (Wildman–Crippen MR) is 61.7 cm³/mol. The maximum Gasteiger partial charge on any atom is 0.115 e. The zero-order valence-electron chi connectivity index (χ0n) is 9.47. The van der Waals surface area contributed by atoms with Crippen molar-refractivity contribution in [1.29, 1.82) is 0 Å². The minimum atomic E-state index is 0.295. The average Bonchev–Trinajstić information content (AvgIpc) is 2.38. The molecule has 2 rings (SSSR count). The fourth-order valence-electron chi connectivity index (χ4n) is 2.37. The zero-order chi connectivity index (χ0) is 11.2. The lowest BCUT2D eigenvalue weighted by atomic mass is 9.85. The average molecular weight is 221 g/mol. The molecule has 1 aliphatic rings. The first-order chi connectivity index (χ1) is 7.90. The third-order valence-electron chi connectivity index (χ3n) is 3.33. The van der Waals surface area contributed by atoms with Crippen LogP contribution in [0.2, 0.25) is 0 Å². The van der Waals surface area contributed by atoms with E-state index in [0.717, 1.165) is 18.5 Å². The number of nitrogens with zero attached hydrogens (tertiary/aromatic N) is 2. The Kier molecular flexibility index (Phi) is 4.25. The van der Waals surface area contributed by atoms with Crippen molar-refractivity contribution in [2.75, 3.05) is 6.61 Å². The number of aromatic nitrogens is 2. The highest BCUT2D eigenvalue weighted by Crippen LogP contribution is 2.24. The van der Waals surface area contributed by atoms with Crippen LogP contribution in [0.4, 0.5) is 0 Å². The number of aliphatic hydroxyl groups excluding tert-OH is 1. The number of nitrogens with one attached hydrogen (secondary N) is 1. The van der Waals surface area contributed by atoms with Gasteiger partial charge in [-0.1, -0.05) is 12.8 Å². The van der Waals surface area contributed by atoms with E-state index in [4.69, 9.17) is 0 Å². The van der Waals surface area contributed by atoms with Crippen LogP contribution in [-0.2, 0) is 6.54 Å². The largest absolute Gasteiger partial charge is 0.396 e. The van der Waals surface area contributed by atoms with Crippen LogP contribution in [0, 0.1) is 5.92 Å². The van der Waals surface area contributed by atoms with Gasteiger partial charge in [-0.25, -0.2) is 9.97 Å². The van der Waals surface area contributed by atoms with Crippen LogP contribution in [0.15, 0.2) is 18.7 Å². The summed E-state index contributed by atoms with van der Waals surface area (Å²) in [5, 5.41) is 12.8. The van der Waals surface area contributed by atoms with Gasteiger partial charge in [-0.15, -0.1) is 0 Å². The van der Waals surface area contributed by atoms with E-state index in [1.807, 2.05) is 12.4 Å². The van der Waals surface area contributed by atoms with Crippen LogP contribution in [0.25, 0.3) is 0 Å². The SMILES string of the molecule is OCC1CCCCC1NCc1cncnc1. The Morgan fingerprint density at radius 1 is 1.25 bits per heavy atom. The van der Waals surface area contributed by atoms with Gasteiger partial charge in [0.2, 0.25) is 0 Å². The molecule has 1 saturated carbocycles. The van der Waals surface area contributed by atoms with Crippen LogP contribution in [-0.4, -0.2) is 27.7 Å². The van der Waals surface area contributed by atoms with E-state index in [1.165, 1.54) is 19.3 Å². The van der Waals surface area contributed by atoms with Gasteiger partial charge >= 0.3 is 0 Å². The van der Waals surface area contributed by atoms with Crippen LogP contribution in [0.5, 0.6) is 0 Å². The fourth-order valence-corrected chi connectivity index (χ4v) is 2.37. The molecule has 88 valence electrons.